The second-order valence-corrected chi connectivity index (χ2v) is 7.03. The molecular formula is C21H17N3O3S. The van der Waals surface area contributed by atoms with Crippen molar-refractivity contribution in [1.29, 1.82) is 0 Å². The Morgan fingerprint density at radius 2 is 2.00 bits per heavy atom. The molecule has 0 radical (unpaired) electrons. The van der Waals surface area contributed by atoms with Gasteiger partial charge >= 0.3 is 0 Å². The van der Waals surface area contributed by atoms with Gasteiger partial charge in [0.05, 0.1) is 11.6 Å². The molecule has 0 bridgehead atoms. The number of carbonyl (C=O) groups is 1. The molecule has 4 rings (SSSR count). The first-order chi connectivity index (χ1) is 13.7. The van der Waals surface area contributed by atoms with Gasteiger partial charge in [0.2, 0.25) is 5.88 Å². The van der Waals surface area contributed by atoms with E-state index in [4.69, 9.17) is 9.15 Å². The van der Waals surface area contributed by atoms with Crippen molar-refractivity contribution in [3.8, 4) is 23.1 Å². The van der Waals surface area contributed by atoms with Crippen molar-refractivity contribution in [2.45, 2.75) is 13.5 Å². The van der Waals surface area contributed by atoms with E-state index in [-0.39, 0.29) is 18.3 Å². The highest BCUT2D eigenvalue weighted by Gasteiger charge is 2.15. The summed E-state index contributed by atoms with van der Waals surface area (Å²) in [7, 11) is 0. The van der Waals surface area contributed by atoms with Crippen LogP contribution in [-0.4, -0.2) is 15.9 Å². The lowest BCUT2D eigenvalue weighted by Crippen LogP contribution is -2.23. The van der Waals surface area contributed by atoms with Crippen LogP contribution in [0.15, 0.2) is 70.6 Å². The molecule has 0 unspecified atom stereocenters. The zero-order valence-corrected chi connectivity index (χ0v) is 15.9. The second kappa shape index (κ2) is 8.06. The Labute approximate surface area is 165 Å². The summed E-state index contributed by atoms with van der Waals surface area (Å²) in [6.07, 6.45) is 1.59. The van der Waals surface area contributed by atoms with E-state index in [9.17, 15) is 4.79 Å². The zero-order chi connectivity index (χ0) is 19.3. The van der Waals surface area contributed by atoms with Crippen molar-refractivity contribution in [3.05, 3.63) is 82.5 Å². The number of ether oxygens (including phenoxy) is 1. The number of benzene rings is 1. The van der Waals surface area contributed by atoms with Gasteiger partial charge in [-0.05, 0) is 43.3 Å². The van der Waals surface area contributed by atoms with Gasteiger partial charge in [-0.15, -0.1) is 11.3 Å². The summed E-state index contributed by atoms with van der Waals surface area (Å²) >= 11 is 1.56. The van der Waals surface area contributed by atoms with Crippen LogP contribution in [0.5, 0.6) is 11.6 Å². The maximum atomic E-state index is 12.6. The number of aromatic nitrogens is 2. The van der Waals surface area contributed by atoms with E-state index < -0.39 is 0 Å². The fourth-order valence-corrected chi connectivity index (χ4v) is 3.20. The lowest BCUT2D eigenvalue weighted by atomic mass is 10.2. The van der Waals surface area contributed by atoms with Gasteiger partial charge in [0.25, 0.3) is 5.91 Å². The van der Waals surface area contributed by atoms with Gasteiger partial charge in [-0.2, -0.15) is 0 Å². The molecule has 3 aromatic heterocycles. The van der Waals surface area contributed by atoms with Crippen molar-refractivity contribution in [3.63, 3.8) is 0 Å². The first kappa shape index (κ1) is 17.9. The minimum Gasteiger partial charge on any atom is -0.458 e. The number of thiazole rings is 1. The molecule has 4 aromatic rings. The number of rotatable bonds is 6. The standard InChI is InChI=1S/C21H17N3O3S/c1-14-24-18(13-28-14)19-10-9-16(26-19)12-23-20(25)17-8-5-11-22-21(17)27-15-6-3-2-4-7-15/h2-11,13H,12H2,1H3,(H,23,25). The zero-order valence-electron chi connectivity index (χ0n) is 15.1. The summed E-state index contributed by atoms with van der Waals surface area (Å²) in [5.74, 6) is 1.90. The predicted octanol–water partition coefficient (Wildman–Crippen LogP) is 4.83. The third-order valence-corrected chi connectivity index (χ3v) is 4.70. The summed E-state index contributed by atoms with van der Waals surface area (Å²) < 4.78 is 11.5. The maximum absolute atomic E-state index is 12.6. The first-order valence-electron chi connectivity index (χ1n) is 8.66. The largest absolute Gasteiger partial charge is 0.458 e. The Morgan fingerprint density at radius 3 is 2.79 bits per heavy atom. The van der Waals surface area contributed by atoms with Gasteiger partial charge in [0.1, 0.15) is 22.8 Å². The highest BCUT2D eigenvalue weighted by molar-refractivity contribution is 7.09. The minimum absolute atomic E-state index is 0.252. The summed E-state index contributed by atoms with van der Waals surface area (Å²) in [6.45, 7) is 2.20. The van der Waals surface area contributed by atoms with E-state index in [0.717, 1.165) is 10.7 Å². The van der Waals surface area contributed by atoms with Crippen molar-refractivity contribution in [2.75, 3.05) is 0 Å². The average molecular weight is 391 g/mol. The molecule has 0 aliphatic carbocycles. The topological polar surface area (TPSA) is 77.2 Å². The van der Waals surface area contributed by atoms with Crippen LogP contribution in [0.3, 0.4) is 0 Å². The number of carbonyl (C=O) groups excluding carboxylic acids is 1. The van der Waals surface area contributed by atoms with Crippen LogP contribution in [0.4, 0.5) is 0 Å². The summed E-state index contributed by atoms with van der Waals surface area (Å²) in [5.41, 5.74) is 1.15. The van der Waals surface area contributed by atoms with Crippen LogP contribution in [0.25, 0.3) is 11.5 Å². The summed E-state index contributed by atoms with van der Waals surface area (Å²) in [6, 6.07) is 16.3. The summed E-state index contributed by atoms with van der Waals surface area (Å²) in [4.78, 5) is 21.2. The van der Waals surface area contributed by atoms with Crippen molar-refractivity contribution in [2.24, 2.45) is 0 Å². The van der Waals surface area contributed by atoms with E-state index in [2.05, 4.69) is 15.3 Å². The molecule has 7 heteroatoms. The maximum Gasteiger partial charge on any atom is 0.257 e. The molecule has 1 amide bonds. The number of hydrogen-bond acceptors (Lipinski definition) is 6. The van der Waals surface area contributed by atoms with Gasteiger partial charge in [0.15, 0.2) is 5.76 Å². The number of nitrogens with zero attached hydrogens (tertiary/aromatic N) is 2. The Hall–Kier alpha value is -3.45. The summed E-state index contributed by atoms with van der Waals surface area (Å²) in [5, 5.41) is 5.76. The number of pyridine rings is 1. The van der Waals surface area contributed by atoms with Gasteiger partial charge < -0.3 is 14.5 Å². The highest BCUT2D eigenvalue weighted by atomic mass is 32.1. The molecule has 0 atom stereocenters. The lowest BCUT2D eigenvalue weighted by molar-refractivity contribution is 0.0945. The fraction of sp³-hybridized carbons (Fsp3) is 0.0952. The van der Waals surface area contributed by atoms with Crippen molar-refractivity contribution < 1.29 is 13.9 Å². The van der Waals surface area contributed by atoms with Crippen LogP contribution in [0.2, 0.25) is 0 Å². The number of aryl methyl sites for hydroxylation is 1. The Balaban J connectivity index is 1.44. The van der Waals surface area contributed by atoms with E-state index in [1.165, 1.54) is 0 Å². The van der Waals surface area contributed by atoms with E-state index in [1.807, 2.05) is 42.6 Å². The Morgan fingerprint density at radius 1 is 1.14 bits per heavy atom. The molecule has 1 aromatic carbocycles. The van der Waals surface area contributed by atoms with Crippen molar-refractivity contribution in [1.82, 2.24) is 15.3 Å². The number of nitrogens with one attached hydrogen (secondary N) is 1. The highest BCUT2D eigenvalue weighted by Crippen LogP contribution is 2.25. The number of furan rings is 1. The average Bonchev–Trinajstić information content (AvgIpc) is 3.36. The molecular weight excluding hydrogens is 374 g/mol. The third kappa shape index (κ3) is 4.10. The van der Waals surface area contributed by atoms with Gasteiger partial charge in [0, 0.05) is 11.6 Å². The number of hydrogen-bond donors (Lipinski definition) is 1. The third-order valence-electron chi connectivity index (χ3n) is 3.93. The van der Waals surface area contributed by atoms with Gasteiger partial charge in [-0.25, -0.2) is 9.97 Å². The van der Waals surface area contributed by atoms with Crippen LogP contribution >= 0.6 is 11.3 Å². The smallest absolute Gasteiger partial charge is 0.257 e. The van der Waals surface area contributed by atoms with Crippen LogP contribution in [0.1, 0.15) is 21.1 Å². The first-order valence-corrected chi connectivity index (χ1v) is 9.54. The monoisotopic (exact) mass is 391 g/mol. The minimum atomic E-state index is -0.290. The molecule has 0 spiro atoms. The van der Waals surface area contributed by atoms with Crippen LogP contribution < -0.4 is 10.1 Å². The van der Waals surface area contributed by atoms with Crippen molar-refractivity contribution >= 4 is 17.2 Å². The molecule has 0 fully saturated rings. The molecule has 28 heavy (non-hydrogen) atoms. The van der Waals surface area contributed by atoms with Crippen LogP contribution in [0, 0.1) is 6.92 Å². The fourth-order valence-electron chi connectivity index (χ4n) is 2.59. The quantitative estimate of drug-likeness (QED) is 0.509. The molecule has 0 saturated heterocycles. The van der Waals surface area contributed by atoms with Gasteiger partial charge in [-0.1, -0.05) is 18.2 Å². The molecule has 6 nitrogen and oxygen atoms in total. The van der Waals surface area contributed by atoms with Gasteiger partial charge in [-0.3, -0.25) is 4.79 Å². The van der Waals surface area contributed by atoms with E-state index >= 15 is 0 Å². The lowest BCUT2D eigenvalue weighted by Gasteiger charge is -2.09. The van der Waals surface area contributed by atoms with Crippen LogP contribution in [-0.2, 0) is 6.54 Å². The molecule has 0 aliphatic rings. The Kier molecular flexibility index (Phi) is 5.16. The van der Waals surface area contributed by atoms with E-state index in [0.29, 0.717) is 22.8 Å². The normalized spacial score (nSPS) is 10.6. The van der Waals surface area contributed by atoms with E-state index in [1.54, 1.807) is 41.8 Å². The molecule has 0 aliphatic heterocycles. The number of para-hydroxylation sites is 1. The molecule has 1 N–H and O–H groups in total. The second-order valence-electron chi connectivity index (χ2n) is 5.97. The SMILES string of the molecule is Cc1nc(-c2ccc(CNC(=O)c3cccnc3Oc3ccccc3)o2)cs1. The number of amides is 1. The molecule has 0 saturated carbocycles. The molecule has 140 valence electrons. The molecule has 3 heterocycles. The predicted molar refractivity (Wildman–Crippen MR) is 106 cm³/mol. The Bertz CT molecular complexity index is 1090.